The molecule has 0 aromatic heterocycles. The molecular formula is C34H45F3O6. The highest BCUT2D eigenvalue weighted by Crippen LogP contribution is 2.60. The van der Waals surface area contributed by atoms with Crippen LogP contribution in [0.25, 0.3) is 0 Å². The maximum atomic E-state index is 12.9. The summed E-state index contributed by atoms with van der Waals surface area (Å²) in [4.78, 5) is 12.4. The predicted molar refractivity (Wildman–Crippen MR) is 155 cm³/mol. The van der Waals surface area contributed by atoms with Gasteiger partial charge in [0.1, 0.15) is 18.5 Å². The van der Waals surface area contributed by atoms with E-state index in [0.29, 0.717) is 32.3 Å². The smallest absolute Gasteiger partial charge is 0.416 e. The Balaban J connectivity index is 1.01. The standard InChI is InChI=1S/C34H45F3O6/c35-34(36,37)25-6-5-7-27(15-25)42-20-26(38)10-11-29-28(30(39)16-31(29)40)8-3-1-2-4-9-32(41)43-21-33-17-22-12-23(18-33)14-24(13-22)19-33/h1,3,5-7,10-11,15,22-24,26,28-31,38-40H,2,4,8-9,12-14,16-21H2/b3-1-,11-10+/t22?,23?,24?,26-,28-,29-,30+,31-,33?/m1/s1. The Morgan fingerprint density at radius 2 is 1.72 bits per heavy atom. The number of ether oxygens (including phenoxy) is 2. The van der Waals surface area contributed by atoms with Crippen LogP contribution >= 0.6 is 0 Å². The van der Waals surface area contributed by atoms with Gasteiger partial charge in [-0.25, -0.2) is 0 Å². The number of alkyl halides is 3. The molecule has 0 spiro atoms. The van der Waals surface area contributed by atoms with Gasteiger partial charge < -0.3 is 24.8 Å². The van der Waals surface area contributed by atoms with Gasteiger partial charge in [0.2, 0.25) is 0 Å². The summed E-state index contributed by atoms with van der Waals surface area (Å²) in [5, 5.41) is 31.3. The number of carbonyl (C=O) groups excluding carboxylic acids is 1. The fourth-order valence-corrected chi connectivity index (χ4v) is 8.47. The number of hydrogen-bond acceptors (Lipinski definition) is 6. The van der Waals surface area contributed by atoms with Gasteiger partial charge in [0.05, 0.1) is 24.4 Å². The Bertz CT molecular complexity index is 1110. The van der Waals surface area contributed by atoms with E-state index in [-0.39, 0.29) is 42.0 Å². The number of aliphatic hydroxyl groups is 3. The molecule has 3 N–H and O–H groups in total. The molecule has 43 heavy (non-hydrogen) atoms. The van der Waals surface area contributed by atoms with E-state index < -0.39 is 30.1 Å². The van der Waals surface area contributed by atoms with Crippen LogP contribution in [0.5, 0.6) is 5.75 Å². The molecule has 238 valence electrons. The summed E-state index contributed by atoms with van der Waals surface area (Å²) in [6.45, 7) is 0.326. The van der Waals surface area contributed by atoms with Crippen molar-refractivity contribution in [1.82, 2.24) is 0 Å². The van der Waals surface area contributed by atoms with Gasteiger partial charge in [0.15, 0.2) is 0 Å². The highest BCUT2D eigenvalue weighted by Gasteiger charge is 2.51. The van der Waals surface area contributed by atoms with E-state index in [4.69, 9.17) is 9.47 Å². The van der Waals surface area contributed by atoms with E-state index in [0.717, 1.165) is 29.9 Å². The number of esters is 1. The Hall–Kier alpha value is -2.36. The van der Waals surface area contributed by atoms with Gasteiger partial charge in [-0.1, -0.05) is 30.4 Å². The zero-order valence-electron chi connectivity index (χ0n) is 24.6. The lowest BCUT2D eigenvalue weighted by Crippen LogP contribution is -2.48. The topological polar surface area (TPSA) is 96.2 Å². The highest BCUT2D eigenvalue weighted by molar-refractivity contribution is 5.69. The SMILES string of the molecule is O=C(CCC/C=C\C[C@@H]1[C@@H](/C=C/[C@@H](O)COc2cccc(C(F)(F)F)c2)[C@H](O)C[C@@H]1O)OCC12CC3CC(CC(C3)C1)C2. The van der Waals surface area contributed by atoms with Crippen LogP contribution in [-0.4, -0.2) is 52.8 Å². The number of allylic oxidation sites excluding steroid dienone is 2. The van der Waals surface area contributed by atoms with Gasteiger partial charge in [0, 0.05) is 24.2 Å². The van der Waals surface area contributed by atoms with Gasteiger partial charge >= 0.3 is 12.1 Å². The van der Waals surface area contributed by atoms with Crippen LogP contribution in [0.2, 0.25) is 0 Å². The van der Waals surface area contributed by atoms with Gasteiger partial charge in [-0.05, 0) is 99.7 Å². The number of halogens is 3. The molecular weight excluding hydrogens is 561 g/mol. The third kappa shape index (κ3) is 8.43. The number of unbranched alkanes of at least 4 members (excludes halogenated alkanes) is 1. The van der Waals surface area contributed by atoms with Crippen LogP contribution in [0.3, 0.4) is 0 Å². The second kappa shape index (κ2) is 13.7. The van der Waals surface area contributed by atoms with Crippen molar-refractivity contribution in [2.24, 2.45) is 35.0 Å². The maximum absolute atomic E-state index is 12.9. The molecule has 6 nitrogen and oxygen atoms in total. The molecule has 0 amide bonds. The van der Waals surface area contributed by atoms with E-state index >= 15 is 0 Å². The summed E-state index contributed by atoms with van der Waals surface area (Å²) in [7, 11) is 0. The maximum Gasteiger partial charge on any atom is 0.416 e. The van der Waals surface area contributed by atoms with Crippen LogP contribution in [0, 0.1) is 35.0 Å². The molecule has 0 heterocycles. The molecule has 0 radical (unpaired) electrons. The minimum atomic E-state index is -4.49. The fraction of sp³-hybridized carbons (Fsp3) is 0.676. The number of hydrogen-bond donors (Lipinski definition) is 3. The Morgan fingerprint density at radius 3 is 2.40 bits per heavy atom. The van der Waals surface area contributed by atoms with Crippen molar-refractivity contribution in [3.63, 3.8) is 0 Å². The minimum absolute atomic E-state index is 0.00233. The lowest BCUT2D eigenvalue weighted by atomic mass is 9.50. The zero-order chi connectivity index (χ0) is 30.6. The van der Waals surface area contributed by atoms with E-state index in [9.17, 15) is 33.3 Å². The van der Waals surface area contributed by atoms with Crippen molar-refractivity contribution >= 4 is 5.97 Å². The van der Waals surface area contributed by atoms with Crippen LogP contribution in [0.1, 0.15) is 76.2 Å². The molecule has 0 saturated heterocycles. The van der Waals surface area contributed by atoms with Crippen molar-refractivity contribution in [2.75, 3.05) is 13.2 Å². The lowest BCUT2D eigenvalue weighted by molar-refractivity contribution is -0.155. The van der Waals surface area contributed by atoms with Crippen molar-refractivity contribution in [3.8, 4) is 5.75 Å². The van der Waals surface area contributed by atoms with E-state index in [1.807, 2.05) is 12.2 Å². The molecule has 6 rings (SSSR count). The number of benzene rings is 1. The second-order valence-corrected chi connectivity index (χ2v) is 13.6. The molecule has 5 aliphatic rings. The summed E-state index contributed by atoms with van der Waals surface area (Å²) in [6, 6.07) is 4.45. The summed E-state index contributed by atoms with van der Waals surface area (Å²) in [6.07, 6.45) is 10.3. The molecule has 9 heteroatoms. The third-order valence-corrected chi connectivity index (χ3v) is 10.1. The van der Waals surface area contributed by atoms with Crippen LogP contribution in [0.15, 0.2) is 48.6 Å². The average Bonchev–Trinajstić information content (AvgIpc) is 3.21. The third-order valence-electron chi connectivity index (χ3n) is 10.1. The summed E-state index contributed by atoms with van der Waals surface area (Å²) >= 11 is 0. The quantitative estimate of drug-likeness (QED) is 0.140. The summed E-state index contributed by atoms with van der Waals surface area (Å²) < 4.78 is 49.8. The van der Waals surface area contributed by atoms with Crippen molar-refractivity contribution in [1.29, 1.82) is 0 Å². The van der Waals surface area contributed by atoms with Crippen LogP contribution in [-0.2, 0) is 15.7 Å². The van der Waals surface area contributed by atoms with Gasteiger partial charge in [0.25, 0.3) is 0 Å². The molecule has 1 aromatic rings. The molecule has 0 unspecified atom stereocenters. The first-order valence-electron chi connectivity index (χ1n) is 15.8. The van der Waals surface area contributed by atoms with Crippen LogP contribution in [0.4, 0.5) is 13.2 Å². The number of carbonyl (C=O) groups is 1. The lowest BCUT2D eigenvalue weighted by Gasteiger charge is -2.56. The fourth-order valence-electron chi connectivity index (χ4n) is 8.47. The summed E-state index contributed by atoms with van der Waals surface area (Å²) in [5.41, 5.74) is -0.602. The Kier molecular flexibility index (Phi) is 10.2. The first-order valence-corrected chi connectivity index (χ1v) is 15.8. The Morgan fingerprint density at radius 1 is 1.02 bits per heavy atom. The van der Waals surface area contributed by atoms with Crippen molar-refractivity contribution < 1.29 is 42.8 Å². The first-order chi connectivity index (χ1) is 20.5. The minimum Gasteiger partial charge on any atom is -0.491 e. The van der Waals surface area contributed by atoms with Crippen LogP contribution < -0.4 is 4.74 Å². The van der Waals surface area contributed by atoms with Crippen molar-refractivity contribution in [2.45, 2.75) is 95.1 Å². The largest absolute Gasteiger partial charge is 0.491 e. The molecule has 0 aliphatic heterocycles. The average molecular weight is 607 g/mol. The predicted octanol–water partition coefficient (Wildman–Crippen LogP) is 6.24. The highest BCUT2D eigenvalue weighted by atomic mass is 19.4. The molecule has 5 atom stereocenters. The normalized spacial score (nSPS) is 34.3. The van der Waals surface area contributed by atoms with Gasteiger partial charge in [-0.3, -0.25) is 4.79 Å². The molecule has 5 fully saturated rings. The van der Waals surface area contributed by atoms with Crippen molar-refractivity contribution in [3.05, 3.63) is 54.1 Å². The van der Waals surface area contributed by atoms with E-state index in [2.05, 4.69) is 0 Å². The van der Waals surface area contributed by atoms with E-state index in [1.165, 1.54) is 56.7 Å². The summed E-state index contributed by atoms with van der Waals surface area (Å²) in [5.74, 6) is 1.74. The second-order valence-electron chi connectivity index (χ2n) is 13.6. The molecule has 1 aromatic carbocycles. The zero-order valence-corrected chi connectivity index (χ0v) is 24.6. The van der Waals surface area contributed by atoms with E-state index in [1.54, 1.807) is 6.08 Å². The molecule has 4 bridgehead atoms. The van der Waals surface area contributed by atoms with Gasteiger partial charge in [-0.2, -0.15) is 13.2 Å². The Labute approximate surface area is 252 Å². The molecule has 5 aliphatic carbocycles. The number of aliphatic hydroxyl groups excluding tert-OH is 3. The monoisotopic (exact) mass is 606 g/mol. The first kappa shape index (κ1) is 32.0. The van der Waals surface area contributed by atoms with Gasteiger partial charge in [-0.15, -0.1) is 0 Å². The number of rotatable bonds is 13. The molecule has 5 saturated carbocycles.